The van der Waals surface area contributed by atoms with E-state index in [4.69, 9.17) is 33.2 Å². The molecule has 0 fully saturated rings. The summed E-state index contributed by atoms with van der Waals surface area (Å²) in [5.74, 6) is -5.00. The molecule has 0 saturated heterocycles. The third-order valence-corrected chi connectivity index (χ3v) is 6.99. The molecule has 0 heterocycles. The summed E-state index contributed by atoms with van der Waals surface area (Å²) < 4.78 is 37.8. The van der Waals surface area contributed by atoms with Gasteiger partial charge < -0.3 is 33.2 Å². The van der Waals surface area contributed by atoms with Gasteiger partial charge in [-0.15, -0.1) is 0 Å². The fraction of sp³-hybridized carbons (Fsp3) is 0.378. The third-order valence-electron chi connectivity index (χ3n) is 6.99. The molecule has 0 aliphatic rings. The van der Waals surface area contributed by atoms with E-state index in [0.29, 0.717) is 5.56 Å². The van der Waals surface area contributed by atoms with Crippen LogP contribution in [0.5, 0.6) is 0 Å². The number of hydrogen-bond acceptors (Lipinski definition) is 14. The molecule has 276 valence electrons. The summed E-state index contributed by atoms with van der Waals surface area (Å²) >= 11 is 0. The van der Waals surface area contributed by atoms with Crippen LogP contribution in [0.15, 0.2) is 81.5 Å². The Morgan fingerprint density at radius 3 is 1.24 bits per heavy atom. The van der Waals surface area contributed by atoms with E-state index in [1.165, 1.54) is 6.92 Å². The van der Waals surface area contributed by atoms with E-state index >= 15 is 0 Å². The summed E-state index contributed by atoms with van der Waals surface area (Å²) in [5.41, 5.74) is -0.888. The maximum Gasteiger partial charge on any atom is 0.330 e. The molecule has 0 aliphatic heterocycles. The second kappa shape index (κ2) is 22.2. The molecule has 1 rings (SSSR count). The van der Waals surface area contributed by atoms with Gasteiger partial charge in [0.25, 0.3) is 0 Å². The largest absolute Gasteiger partial charge is 0.464 e. The van der Waals surface area contributed by atoms with Crippen LogP contribution in [-0.2, 0) is 79.6 Å². The van der Waals surface area contributed by atoms with Crippen LogP contribution in [0.1, 0.15) is 23.6 Å². The first-order chi connectivity index (χ1) is 24.2. The van der Waals surface area contributed by atoms with Gasteiger partial charge in [-0.05, 0) is 30.5 Å². The second-order valence-electron chi connectivity index (χ2n) is 11.5. The average molecular weight is 713 g/mol. The highest BCUT2D eigenvalue weighted by molar-refractivity contribution is 5.83. The van der Waals surface area contributed by atoms with Crippen LogP contribution < -0.4 is 0 Å². The highest BCUT2D eigenvalue weighted by Gasteiger charge is 2.40. The van der Waals surface area contributed by atoms with Crippen LogP contribution in [-0.4, -0.2) is 94.5 Å². The lowest BCUT2D eigenvalue weighted by atomic mass is 9.90. The van der Waals surface area contributed by atoms with Crippen LogP contribution in [0.2, 0.25) is 0 Å². The number of ketones is 1. The minimum absolute atomic E-state index is 0.0497. The van der Waals surface area contributed by atoms with Crippen LogP contribution in [0.25, 0.3) is 0 Å². The molecular formula is C37H44O14. The molecule has 0 spiro atoms. The Morgan fingerprint density at radius 2 is 0.902 bits per heavy atom. The maximum absolute atomic E-state index is 13.1. The molecule has 14 heteroatoms. The van der Waals surface area contributed by atoms with Crippen molar-refractivity contribution < 1.29 is 66.7 Å². The smallest absolute Gasteiger partial charge is 0.330 e. The standard InChI is InChI=1S/C37H44O14/c1-8-30(39)46-20-36(21-47-31(40)9-2,22-48-32(41)10-3)18-45-19-37(23-49-33(42)11-4,24-50-34(43)12-5)25-51-35(44)17-28-14-13-26(6)29(16-28)15-27(7)38/h8-14,16H,1-5,15,17-25H2,6-7H3. The first-order valence-electron chi connectivity index (χ1n) is 15.4. The van der Waals surface area contributed by atoms with Crippen molar-refractivity contribution in [2.24, 2.45) is 10.8 Å². The summed E-state index contributed by atoms with van der Waals surface area (Å²) in [7, 11) is 0. The van der Waals surface area contributed by atoms with E-state index in [-0.39, 0.29) is 18.6 Å². The number of Topliss-reactive ketones (excluding diaryl/α,β-unsaturated/α-hetero) is 1. The van der Waals surface area contributed by atoms with E-state index in [9.17, 15) is 33.6 Å². The molecule has 0 amide bonds. The number of ether oxygens (including phenoxy) is 7. The highest BCUT2D eigenvalue weighted by Crippen LogP contribution is 2.26. The van der Waals surface area contributed by atoms with Gasteiger partial charge in [-0.25, -0.2) is 24.0 Å². The highest BCUT2D eigenvalue weighted by atomic mass is 16.6. The van der Waals surface area contributed by atoms with E-state index in [1.54, 1.807) is 18.2 Å². The molecule has 0 aromatic heterocycles. The molecule has 0 N–H and O–H groups in total. The van der Waals surface area contributed by atoms with Gasteiger partial charge in [0.15, 0.2) is 0 Å². The number of carbonyl (C=O) groups is 7. The summed E-state index contributed by atoms with van der Waals surface area (Å²) in [5, 5.41) is 0. The molecular weight excluding hydrogens is 668 g/mol. The van der Waals surface area contributed by atoms with Gasteiger partial charge >= 0.3 is 35.8 Å². The zero-order valence-corrected chi connectivity index (χ0v) is 28.9. The number of rotatable bonds is 25. The molecule has 14 nitrogen and oxygen atoms in total. The first-order valence-corrected chi connectivity index (χ1v) is 15.4. The fourth-order valence-corrected chi connectivity index (χ4v) is 4.14. The van der Waals surface area contributed by atoms with Crippen LogP contribution in [0.4, 0.5) is 0 Å². The van der Waals surface area contributed by atoms with Gasteiger partial charge in [-0.3, -0.25) is 9.59 Å². The van der Waals surface area contributed by atoms with E-state index < -0.39 is 99.5 Å². The zero-order chi connectivity index (χ0) is 38.5. The lowest BCUT2D eigenvalue weighted by molar-refractivity contribution is -0.170. The van der Waals surface area contributed by atoms with Crippen molar-refractivity contribution in [2.75, 3.05) is 52.9 Å². The molecule has 0 radical (unpaired) electrons. The fourth-order valence-electron chi connectivity index (χ4n) is 4.14. The van der Waals surface area contributed by atoms with Gasteiger partial charge in [0.1, 0.15) is 45.4 Å². The SMILES string of the molecule is C=CC(=O)OCC(COCC(COC(=O)C=C)(COC(=O)C=C)COC(=O)Cc1ccc(C)c(CC(C)=O)c1)(COC(=O)C=C)COC(=O)C=C. The summed E-state index contributed by atoms with van der Waals surface area (Å²) in [4.78, 5) is 85.0. The van der Waals surface area contributed by atoms with Gasteiger partial charge in [-0.1, -0.05) is 51.1 Å². The Morgan fingerprint density at radius 1 is 0.549 bits per heavy atom. The van der Waals surface area contributed by atoms with Crippen molar-refractivity contribution in [1.29, 1.82) is 0 Å². The van der Waals surface area contributed by atoms with Crippen molar-refractivity contribution in [1.82, 2.24) is 0 Å². The predicted molar refractivity (Wildman–Crippen MR) is 182 cm³/mol. The Labute approximate surface area is 296 Å². The van der Waals surface area contributed by atoms with Crippen molar-refractivity contribution in [2.45, 2.75) is 26.7 Å². The molecule has 0 bridgehead atoms. The Kier molecular flexibility index (Phi) is 18.9. The van der Waals surface area contributed by atoms with Crippen molar-refractivity contribution in [3.05, 3.63) is 98.2 Å². The van der Waals surface area contributed by atoms with E-state index in [2.05, 4.69) is 32.9 Å². The van der Waals surface area contributed by atoms with Crippen LogP contribution >= 0.6 is 0 Å². The number of benzene rings is 1. The minimum atomic E-state index is -1.56. The molecule has 0 aliphatic carbocycles. The zero-order valence-electron chi connectivity index (χ0n) is 28.9. The molecule has 51 heavy (non-hydrogen) atoms. The quantitative estimate of drug-likeness (QED) is 0.0819. The second-order valence-corrected chi connectivity index (χ2v) is 11.5. The molecule has 0 atom stereocenters. The lowest BCUT2D eigenvalue weighted by Crippen LogP contribution is -2.47. The first kappa shape index (κ1) is 43.4. The number of hydrogen-bond donors (Lipinski definition) is 0. The van der Waals surface area contributed by atoms with Crippen molar-refractivity contribution in [3.63, 3.8) is 0 Å². The predicted octanol–water partition coefficient (Wildman–Crippen LogP) is 2.85. The topological polar surface area (TPSA) is 184 Å². The van der Waals surface area contributed by atoms with Gasteiger partial charge in [0, 0.05) is 36.8 Å². The minimum Gasteiger partial charge on any atom is -0.464 e. The Bertz CT molecular complexity index is 1400. The maximum atomic E-state index is 13.1. The summed E-state index contributed by atoms with van der Waals surface area (Å²) in [6.07, 6.45) is 4.44. The summed E-state index contributed by atoms with van der Waals surface area (Å²) in [6.45, 7) is 16.1. The van der Waals surface area contributed by atoms with E-state index in [1.807, 2.05) is 6.92 Å². The average Bonchev–Trinajstić information content (AvgIpc) is 3.12. The molecule has 0 unspecified atom stereocenters. The monoisotopic (exact) mass is 712 g/mol. The Balaban J connectivity index is 3.45. The van der Waals surface area contributed by atoms with E-state index in [0.717, 1.165) is 41.5 Å². The third kappa shape index (κ3) is 16.6. The van der Waals surface area contributed by atoms with Gasteiger partial charge in [0.05, 0.1) is 30.5 Å². The van der Waals surface area contributed by atoms with Gasteiger partial charge in [0.2, 0.25) is 0 Å². The number of aryl methyl sites for hydroxylation is 1. The normalized spacial score (nSPS) is 10.8. The number of esters is 6. The van der Waals surface area contributed by atoms with Gasteiger partial charge in [-0.2, -0.15) is 0 Å². The van der Waals surface area contributed by atoms with Crippen molar-refractivity contribution >= 4 is 41.6 Å². The number of carbonyl (C=O) groups excluding carboxylic acids is 7. The molecule has 0 saturated carbocycles. The van der Waals surface area contributed by atoms with Crippen LogP contribution in [0.3, 0.4) is 0 Å². The van der Waals surface area contributed by atoms with Crippen LogP contribution in [0, 0.1) is 17.8 Å². The lowest BCUT2D eigenvalue weighted by Gasteiger charge is -2.35. The van der Waals surface area contributed by atoms with Crippen molar-refractivity contribution in [3.8, 4) is 0 Å². The molecule has 1 aromatic carbocycles. The Hall–Kier alpha value is -5.63. The molecule has 1 aromatic rings. The summed E-state index contributed by atoms with van der Waals surface area (Å²) in [6, 6.07) is 5.22.